The quantitative estimate of drug-likeness (QED) is 0.803. The third kappa shape index (κ3) is 4.96. The van der Waals surface area contributed by atoms with Crippen molar-refractivity contribution in [1.29, 1.82) is 0 Å². The summed E-state index contributed by atoms with van der Waals surface area (Å²) in [6.07, 6.45) is -5.62. The molecule has 0 aliphatic heterocycles. The van der Waals surface area contributed by atoms with Crippen molar-refractivity contribution in [2.75, 3.05) is 5.32 Å². The minimum atomic E-state index is -4.46. The minimum Gasteiger partial charge on any atom is -0.449 e. The molecule has 132 valence electrons. The Labute approximate surface area is 146 Å². The number of amides is 1. The van der Waals surface area contributed by atoms with Crippen molar-refractivity contribution in [1.82, 2.24) is 0 Å². The lowest BCUT2D eigenvalue weighted by molar-refractivity contribution is -0.137. The molecular formula is C17H13ClF3NO3. The van der Waals surface area contributed by atoms with E-state index < -0.39 is 29.7 Å². The van der Waals surface area contributed by atoms with Crippen molar-refractivity contribution in [3.05, 3.63) is 64.7 Å². The van der Waals surface area contributed by atoms with E-state index in [2.05, 4.69) is 5.32 Å². The molecule has 0 bridgehead atoms. The average Bonchev–Trinajstić information content (AvgIpc) is 2.54. The van der Waals surface area contributed by atoms with Gasteiger partial charge in [0.15, 0.2) is 6.10 Å². The molecule has 0 spiro atoms. The Morgan fingerprint density at radius 2 is 1.68 bits per heavy atom. The number of hydrogen-bond acceptors (Lipinski definition) is 3. The van der Waals surface area contributed by atoms with E-state index in [4.69, 9.17) is 16.3 Å². The van der Waals surface area contributed by atoms with Gasteiger partial charge in [-0.2, -0.15) is 13.2 Å². The number of nitrogens with one attached hydrogen (secondary N) is 1. The number of hydrogen-bond donors (Lipinski definition) is 1. The van der Waals surface area contributed by atoms with Crippen LogP contribution >= 0.6 is 11.6 Å². The largest absolute Gasteiger partial charge is 0.449 e. The smallest absolute Gasteiger partial charge is 0.416 e. The van der Waals surface area contributed by atoms with Crippen molar-refractivity contribution in [3.8, 4) is 0 Å². The van der Waals surface area contributed by atoms with E-state index in [0.717, 1.165) is 24.3 Å². The molecule has 2 rings (SSSR count). The molecule has 8 heteroatoms. The standard InChI is InChI=1S/C17H13ClF3NO3/c1-10(25-16(24)13-4-2-3-5-14(13)18)15(23)22-12-8-6-11(7-9-12)17(19,20)21/h2-10H,1H3,(H,22,23)/t10-/m0/s1. The molecule has 0 aliphatic rings. The van der Waals surface area contributed by atoms with Gasteiger partial charge in [0.1, 0.15) is 0 Å². The number of halogens is 4. The van der Waals surface area contributed by atoms with E-state index in [1.54, 1.807) is 12.1 Å². The summed E-state index contributed by atoms with van der Waals surface area (Å²) < 4.78 is 42.5. The molecule has 2 aromatic rings. The average molecular weight is 372 g/mol. The highest BCUT2D eigenvalue weighted by molar-refractivity contribution is 6.33. The molecule has 0 fully saturated rings. The molecule has 0 aliphatic carbocycles. The summed E-state index contributed by atoms with van der Waals surface area (Å²) in [7, 11) is 0. The second kappa shape index (κ2) is 7.57. The zero-order valence-electron chi connectivity index (χ0n) is 12.9. The van der Waals surface area contributed by atoms with Crippen LogP contribution in [0.15, 0.2) is 48.5 Å². The van der Waals surface area contributed by atoms with Gasteiger partial charge in [0.2, 0.25) is 0 Å². The molecule has 0 radical (unpaired) electrons. The maximum atomic E-state index is 12.5. The van der Waals surface area contributed by atoms with Gasteiger partial charge < -0.3 is 10.1 Å². The fourth-order valence-corrected chi connectivity index (χ4v) is 2.10. The number of ether oxygens (including phenoxy) is 1. The summed E-state index contributed by atoms with van der Waals surface area (Å²) in [5.74, 6) is -1.46. The highest BCUT2D eigenvalue weighted by atomic mass is 35.5. The normalized spacial score (nSPS) is 12.4. The maximum Gasteiger partial charge on any atom is 0.416 e. The van der Waals surface area contributed by atoms with E-state index in [0.29, 0.717) is 0 Å². The van der Waals surface area contributed by atoms with Gasteiger partial charge in [-0.05, 0) is 43.3 Å². The lowest BCUT2D eigenvalue weighted by atomic mass is 10.2. The van der Waals surface area contributed by atoms with Crippen LogP contribution in [0, 0.1) is 0 Å². The Bertz CT molecular complexity index is 775. The summed E-state index contributed by atoms with van der Waals surface area (Å²) in [5.41, 5.74) is -0.569. The third-order valence-electron chi connectivity index (χ3n) is 3.23. The second-order valence-corrected chi connectivity index (χ2v) is 5.50. The first-order valence-electron chi connectivity index (χ1n) is 7.12. The van der Waals surface area contributed by atoms with E-state index >= 15 is 0 Å². The zero-order valence-corrected chi connectivity index (χ0v) is 13.7. The van der Waals surface area contributed by atoms with Crippen LogP contribution in [0.25, 0.3) is 0 Å². The number of carbonyl (C=O) groups excluding carboxylic acids is 2. The molecule has 25 heavy (non-hydrogen) atoms. The number of carbonyl (C=O) groups is 2. The summed E-state index contributed by atoms with van der Waals surface area (Å²) in [6.45, 7) is 1.34. The maximum absolute atomic E-state index is 12.5. The summed E-state index contributed by atoms with van der Waals surface area (Å²) in [5, 5.41) is 2.56. The van der Waals surface area contributed by atoms with Crippen LogP contribution in [0.2, 0.25) is 5.02 Å². The first kappa shape index (κ1) is 18.8. The summed E-state index contributed by atoms with van der Waals surface area (Å²) in [6, 6.07) is 10.1. The summed E-state index contributed by atoms with van der Waals surface area (Å²) >= 11 is 5.87. The van der Waals surface area contributed by atoms with Crippen molar-refractivity contribution in [2.45, 2.75) is 19.2 Å². The Hall–Kier alpha value is -2.54. The second-order valence-electron chi connectivity index (χ2n) is 5.09. The van der Waals surface area contributed by atoms with Crippen LogP contribution in [0.3, 0.4) is 0 Å². The van der Waals surface area contributed by atoms with Gasteiger partial charge in [-0.1, -0.05) is 23.7 Å². The van der Waals surface area contributed by atoms with Gasteiger partial charge in [-0.15, -0.1) is 0 Å². The van der Waals surface area contributed by atoms with Crippen molar-refractivity contribution in [3.63, 3.8) is 0 Å². The van der Waals surface area contributed by atoms with Gasteiger partial charge in [0, 0.05) is 5.69 Å². The van der Waals surface area contributed by atoms with Crippen LogP contribution in [-0.4, -0.2) is 18.0 Å². The predicted molar refractivity (Wildman–Crippen MR) is 86.4 cm³/mol. The molecule has 0 saturated carbocycles. The molecule has 0 heterocycles. The first-order valence-corrected chi connectivity index (χ1v) is 7.50. The molecule has 1 amide bonds. The first-order chi connectivity index (χ1) is 11.7. The van der Waals surface area contributed by atoms with E-state index in [1.165, 1.54) is 19.1 Å². The molecule has 4 nitrogen and oxygen atoms in total. The van der Waals surface area contributed by atoms with Gasteiger partial charge in [0.25, 0.3) is 5.91 Å². The lowest BCUT2D eigenvalue weighted by Crippen LogP contribution is -2.30. The number of benzene rings is 2. The van der Waals surface area contributed by atoms with Gasteiger partial charge in [-0.25, -0.2) is 4.79 Å². The zero-order chi connectivity index (χ0) is 18.6. The Morgan fingerprint density at radius 1 is 1.08 bits per heavy atom. The minimum absolute atomic E-state index is 0.110. The van der Waals surface area contributed by atoms with E-state index in [-0.39, 0.29) is 16.3 Å². The predicted octanol–water partition coefficient (Wildman–Crippen LogP) is 4.54. The molecule has 2 aromatic carbocycles. The molecule has 0 aromatic heterocycles. The third-order valence-corrected chi connectivity index (χ3v) is 3.56. The molecule has 1 atom stereocenters. The number of rotatable bonds is 4. The fourth-order valence-electron chi connectivity index (χ4n) is 1.89. The molecule has 0 unspecified atom stereocenters. The van der Waals surface area contributed by atoms with E-state index in [1.807, 2.05) is 0 Å². The van der Waals surface area contributed by atoms with Gasteiger partial charge in [-0.3, -0.25) is 4.79 Å². The number of alkyl halides is 3. The molecule has 0 saturated heterocycles. The highest BCUT2D eigenvalue weighted by Gasteiger charge is 2.30. The van der Waals surface area contributed by atoms with Gasteiger partial charge in [0.05, 0.1) is 16.1 Å². The van der Waals surface area contributed by atoms with Crippen molar-refractivity contribution in [2.24, 2.45) is 0 Å². The number of esters is 1. The lowest BCUT2D eigenvalue weighted by Gasteiger charge is -2.14. The van der Waals surface area contributed by atoms with Crippen LogP contribution in [-0.2, 0) is 15.7 Å². The van der Waals surface area contributed by atoms with Crippen LogP contribution in [0.4, 0.5) is 18.9 Å². The monoisotopic (exact) mass is 371 g/mol. The fraction of sp³-hybridized carbons (Fsp3) is 0.176. The molecule has 1 N–H and O–H groups in total. The Kier molecular flexibility index (Phi) is 5.69. The van der Waals surface area contributed by atoms with Crippen molar-refractivity contribution >= 4 is 29.2 Å². The van der Waals surface area contributed by atoms with E-state index in [9.17, 15) is 22.8 Å². The Morgan fingerprint density at radius 3 is 2.24 bits per heavy atom. The number of anilines is 1. The molecular weight excluding hydrogens is 359 g/mol. The van der Waals surface area contributed by atoms with Gasteiger partial charge >= 0.3 is 12.1 Å². The highest BCUT2D eigenvalue weighted by Crippen LogP contribution is 2.29. The topological polar surface area (TPSA) is 55.4 Å². The Balaban J connectivity index is 1.98. The van der Waals surface area contributed by atoms with Crippen LogP contribution < -0.4 is 5.32 Å². The van der Waals surface area contributed by atoms with Crippen LogP contribution in [0.5, 0.6) is 0 Å². The van der Waals surface area contributed by atoms with Crippen LogP contribution in [0.1, 0.15) is 22.8 Å². The summed E-state index contributed by atoms with van der Waals surface area (Å²) in [4.78, 5) is 24.0. The van der Waals surface area contributed by atoms with Crippen molar-refractivity contribution < 1.29 is 27.5 Å². The SMILES string of the molecule is C[C@H](OC(=O)c1ccccc1Cl)C(=O)Nc1ccc(C(F)(F)F)cc1.